The highest BCUT2D eigenvalue weighted by Crippen LogP contribution is 2.26. The van der Waals surface area contributed by atoms with Gasteiger partial charge in [0.15, 0.2) is 0 Å². The molecule has 0 saturated carbocycles. The number of carbonyl (C=O) groups is 1. The van der Waals surface area contributed by atoms with Crippen molar-refractivity contribution in [3.63, 3.8) is 0 Å². The number of carbonyl (C=O) groups excluding carboxylic acids is 1. The maximum Gasteiger partial charge on any atom is 0.263 e. The minimum atomic E-state index is -0.191. The highest BCUT2D eigenvalue weighted by Gasteiger charge is 2.22. The van der Waals surface area contributed by atoms with Crippen LogP contribution in [0, 0.1) is 6.92 Å². The molecule has 1 saturated heterocycles. The van der Waals surface area contributed by atoms with Gasteiger partial charge in [-0.15, -0.1) is 0 Å². The van der Waals surface area contributed by atoms with Gasteiger partial charge in [-0.1, -0.05) is 42.2 Å². The molecule has 0 bridgehead atoms. The number of benzene rings is 1. The standard InChI is InChI=1S/C18H12N4OS2/c1-10-16(21-13-7-3-2-6-12(13)19-10)14-8-4-5-11(20-14)9-15-17(23)22-18(24)25-15/h2-9H,1H3,(H,22,23,24)/b15-9-. The zero-order valence-corrected chi connectivity index (χ0v) is 14.8. The van der Waals surface area contributed by atoms with Crippen molar-refractivity contribution in [2.24, 2.45) is 0 Å². The largest absolute Gasteiger partial charge is 0.307 e. The van der Waals surface area contributed by atoms with Gasteiger partial charge < -0.3 is 5.32 Å². The lowest BCUT2D eigenvalue weighted by molar-refractivity contribution is -0.115. The molecule has 1 aliphatic rings. The second kappa shape index (κ2) is 6.34. The van der Waals surface area contributed by atoms with Crippen molar-refractivity contribution < 1.29 is 4.79 Å². The molecule has 3 aromatic rings. The summed E-state index contributed by atoms with van der Waals surface area (Å²) in [5.74, 6) is -0.191. The zero-order chi connectivity index (χ0) is 17.4. The smallest absolute Gasteiger partial charge is 0.263 e. The minimum absolute atomic E-state index is 0.191. The third-order valence-electron chi connectivity index (χ3n) is 3.68. The Morgan fingerprint density at radius 3 is 2.52 bits per heavy atom. The van der Waals surface area contributed by atoms with Crippen molar-refractivity contribution in [3.05, 3.63) is 58.8 Å². The van der Waals surface area contributed by atoms with Gasteiger partial charge in [-0.2, -0.15) is 0 Å². The fourth-order valence-corrected chi connectivity index (χ4v) is 3.58. The number of nitrogens with zero attached hydrogens (tertiary/aromatic N) is 3. The maximum atomic E-state index is 11.8. The Balaban J connectivity index is 1.77. The van der Waals surface area contributed by atoms with Gasteiger partial charge in [-0.25, -0.2) is 15.0 Å². The van der Waals surface area contributed by atoms with E-state index < -0.39 is 0 Å². The van der Waals surface area contributed by atoms with Crippen molar-refractivity contribution >= 4 is 51.3 Å². The number of aromatic nitrogens is 3. The minimum Gasteiger partial charge on any atom is -0.307 e. The van der Waals surface area contributed by atoms with Crippen LogP contribution >= 0.6 is 24.0 Å². The average molecular weight is 364 g/mol. The predicted molar refractivity (Wildman–Crippen MR) is 104 cm³/mol. The third-order valence-corrected chi connectivity index (χ3v) is 4.84. The van der Waals surface area contributed by atoms with E-state index in [9.17, 15) is 4.79 Å². The molecule has 0 atom stereocenters. The van der Waals surface area contributed by atoms with E-state index in [0.29, 0.717) is 14.9 Å². The van der Waals surface area contributed by atoms with Gasteiger partial charge in [0.2, 0.25) is 0 Å². The number of pyridine rings is 1. The quantitative estimate of drug-likeness (QED) is 0.555. The lowest BCUT2D eigenvalue weighted by Gasteiger charge is -2.07. The maximum absolute atomic E-state index is 11.8. The Morgan fingerprint density at radius 2 is 1.80 bits per heavy atom. The van der Waals surface area contributed by atoms with Crippen LogP contribution in [0.5, 0.6) is 0 Å². The van der Waals surface area contributed by atoms with Gasteiger partial charge >= 0.3 is 0 Å². The molecule has 0 spiro atoms. The first-order valence-corrected chi connectivity index (χ1v) is 8.78. The fourth-order valence-electron chi connectivity index (χ4n) is 2.55. The van der Waals surface area contributed by atoms with E-state index in [2.05, 4.69) is 15.3 Å². The number of aryl methyl sites for hydroxylation is 1. The lowest BCUT2D eigenvalue weighted by Crippen LogP contribution is -2.17. The van der Waals surface area contributed by atoms with E-state index >= 15 is 0 Å². The number of amides is 1. The summed E-state index contributed by atoms with van der Waals surface area (Å²) in [5, 5.41) is 2.60. The number of thioether (sulfide) groups is 1. The van der Waals surface area contributed by atoms with Crippen LogP contribution < -0.4 is 5.32 Å². The van der Waals surface area contributed by atoms with Gasteiger partial charge in [-0.05, 0) is 37.3 Å². The van der Waals surface area contributed by atoms with Gasteiger partial charge in [0.05, 0.1) is 33.0 Å². The second-order valence-electron chi connectivity index (χ2n) is 5.45. The summed E-state index contributed by atoms with van der Waals surface area (Å²) in [6.45, 7) is 1.92. The van der Waals surface area contributed by atoms with Crippen LogP contribution in [0.3, 0.4) is 0 Å². The van der Waals surface area contributed by atoms with E-state index in [1.807, 2.05) is 49.4 Å². The SMILES string of the molecule is Cc1nc2ccccc2nc1-c1cccc(/C=C2\SC(=S)NC2=O)n1. The predicted octanol–water partition coefficient (Wildman–Crippen LogP) is 3.49. The molecular weight excluding hydrogens is 352 g/mol. The van der Waals surface area contributed by atoms with Crippen LogP contribution in [0.2, 0.25) is 0 Å². The summed E-state index contributed by atoms with van der Waals surface area (Å²) in [6.07, 6.45) is 1.73. The third kappa shape index (κ3) is 3.16. The Morgan fingerprint density at radius 1 is 1.04 bits per heavy atom. The summed E-state index contributed by atoms with van der Waals surface area (Å²) >= 11 is 6.24. The number of thiocarbonyl (C=S) groups is 1. The molecule has 0 radical (unpaired) electrons. The van der Waals surface area contributed by atoms with Gasteiger partial charge in [0.25, 0.3) is 5.91 Å². The van der Waals surface area contributed by atoms with Crippen LogP contribution in [-0.2, 0) is 4.79 Å². The average Bonchev–Trinajstić information content (AvgIpc) is 2.91. The van der Waals surface area contributed by atoms with E-state index in [0.717, 1.165) is 28.1 Å². The topological polar surface area (TPSA) is 67.8 Å². The molecule has 0 aliphatic carbocycles. The van der Waals surface area contributed by atoms with E-state index in [4.69, 9.17) is 17.2 Å². The molecular formula is C18H12N4OS2. The monoisotopic (exact) mass is 364 g/mol. The van der Waals surface area contributed by atoms with Crippen LogP contribution in [0.1, 0.15) is 11.4 Å². The van der Waals surface area contributed by atoms with Crippen LogP contribution in [0.25, 0.3) is 28.5 Å². The molecule has 3 heterocycles. The van der Waals surface area contributed by atoms with Crippen molar-refractivity contribution in [2.75, 3.05) is 0 Å². The number of para-hydroxylation sites is 2. The number of fused-ring (bicyclic) bond motifs is 1. The number of nitrogens with one attached hydrogen (secondary N) is 1. The molecule has 5 nitrogen and oxygen atoms in total. The second-order valence-corrected chi connectivity index (χ2v) is 7.17. The lowest BCUT2D eigenvalue weighted by atomic mass is 10.2. The summed E-state index contributed by atoms with van der Waals surface area (Å²) in [7, 11) is 0. The van der Waals surface area contributed by atoms with Crippen LogP contribution in [0.15, 0.2) is 47.4 Å². The van der Waals surface area contributed by atoms with Crippen LogP contribution in [0.4, 0.5) is 0 Å². The summed E-state index contributed by atoms with van der Waals surface area (Å²) in [6, 6.07) is 13.4. The summed E-state index contributed by atoms with van der Waals surface area (Å²) in [5.41, 5.74) is 4.62. The first-order valence-electron chi connectivity index (χ1n) is 7.56. The first-order chi connectivity index (χ1) is 12.1. The van der Waals surface area contributed by atoms with Gasteiger partial charge in [-0.3, -0.25) is 4.79 Å². The Labute approximate surface area is 153 Å². The van der Waals surface area contributed by atoms with Crippen molar-refractivity contribution in [1.29, 1.82) is 0 Å². The van der Waals surface area contributed by atoms with Crippen molar-refractivity contribution in [1.82, 2.24) is 20.3 Å². The van der Waals surface area contributed by atoms with E-state index in [-0.39, 0.29) is 5.91 Å². The van der Waals surface area contributed by atoms with Gasteiger partial charge in [0.1, 0.15) is 10.0 Å². The highest BCUT2D eigenvalue weighted by atomic mass is 32.2. The summed E-state index contributed by atoms with van der Waals surface area (Å²) in [4.78, 5) is 26.3. The molecule has 1 N–H and O–H groups in total. The number of rotatable bonds is 2. The molecule has 1 aromatic carbocycles. The Hall–Kier alpha value is -2.64. The molecule has 2 aromatic heterocycles. The Kier molecular flexibility index (Phi) is 4.03. The fraction of sp³-hybridized carbons (Fsp3) is 0.0556. The zero-order valence-electron chi connectivity index (χ0n) is 13.2. The van der Waals surface area contributed by atoms with Crippen molar-refractivity contribution in [3.8, 4) is 11.4 Å². The summed E-state index contributed by atoms with van der Waals surface area (Å²) < 4.78 is 0.462. The molecule has 1 aliphatic heterocycles. The normalized spacial score (nSPS) is 15.8. The molecule has 4 rings (SSSR count). The molecule has 7 heteroatoms. The number of hydrogen-bond donors (Lipinski definition) is 1. The number of hydrogen-bond acceptors (Lipinski definition) is 6. The van der Waals surface area contributed by atoms with Gasteiger partial charge in [0, 0.05) is 0 Å². The van der Waals surface area contributed by atoms with E-state index in [1.54, 1.807) is 6.08 Å². The van der Waals surface area contributed by atoms with E-state index in [1.165, 1.54) is 11.8 Å². The molecule has 122 valence electrons. The highest BCUT2D eigenvalue weighted by molar-refractivity contribution is 8.26. The van der Waals surface area contributed by atoms with Crippen LogP contribution in [-0.4, -0.2) is 25.2 Å². The molecule has 1 amide bonds. The molecule has 0 unspecified atom stereocenters. The van der Waals surface area contributed by atoms with Crippen molar-refractivity contribution in [2.45, 2.75) is 6.92 Å². The molecule has 25 heavy (non-hydrogen) atoms. The molecule has 1 fully saturated rings. The Bertz CT molecular complexity index is 1060. The first kappa shape index (κ1) is 15.9.